The van der Waals surface area contributed by atoms with Crippen LogP contribution < -0.4 is 5.32 Å². The number of nitrogens with one attached hydrogen (secondary N) is 1. The number of hydrogen-bond acceptors (Lipinski definition) is 1. The fourth-order valence-electron chi connectivity index (χ4n) is 2.14. The smallest absolute Gasteiger partial charge is 0.124 e. The third-order valence-electron chi connectivity index (χ3n) is 3.32. The predicted molar refractivity (Wildman–Crippen MR) is 60.8 cm³/mol. The van der Waals surface area contributed by atoms with E-state index in [9.17, 15) is 4.39 Å². The summed E-state index contributed by atoms with van der Waals surface area (Å²) >= 11 is 0. The normalized spacial score (nSPS) is 30.7. The van der Waals surface area contributed by atoms with Crippen molar-refractivity contribution in [1.29, 1.82) is 0 Å². The second kappa shape index (κ2) is 3.93. The Kier molecular flexibility index (Phi) is 2.79. The van der Waals surface area contributed by atoms with Crippen molar-refractivity contribution in [3.05, 3.63) is 35.4 Å². The maximum absolute atomic E-state index is 14.0. The van der Waals surface area contributed by atoms with Gasteiger partial charge in [-0.3, -0.25) is 0 Å². The van der Waals surface area contributed by atoms with Crippen molar-refractivity contribution >= 4 is 0 Å². The average molecular weight is 207 g/mol. The Labute approximate surface area is 90.7 Å². The Morgan fingerprint density at radius 3 is 2.60 bits per heavy atom. The van der Waals surface area contributed by atoms with Crippen LogP contribution in [-0.2, 0) is 6.42 Å². The molecule has 0 amide bonds. The minimum Gasteiger partial charge on any atom is -0.313 e. The molecule has 82 valence electrons. The van der Waals surface area contributed by atoms with Gasteiger partial charge in [0.15, 0.2) is 0 Å². The summed E-state index contributed by atoms with van der Waals surface area (Å²) in [7, 11) is 0. The van der Waals surface area contributed by atoms with E-state index >= 15 is 0 Å². The molecule has 2 atom stereocenters. The van der Waals surface area contributed by atoms with Crippen LogP contribution in [0, 0.1) is 12.8 Å². The molecule has 1 fully saturated rings. The molecule has 15 heavy (non-hydrogen) atoms. The van der Waals surface area contributed by atoms with Crippen molar-refractivity contribution in [1.82, 2.24) is 5.32 Å². The molecule has 1 aliphatic heterocycles. The molecule has 1 aromatic rings. The standard InChI is InChI=1S/C13H18FN/c1-10-3-5-11(6-4-10)7-12-8-15-9-13(12,2)14/h3-6,12,15H,7-9H2,1-2H3. The van der Waals surface area contributed by atoms with E-state index in [0.29, 0.717) is 6.54 Å². The Morgan fingerprint density at radius 2 is 2.07 bits per heavy atom. The molecule has 2 heteroatoms. The SMILES string of the molecule is Cc1ccc(CC2CNCC2(C)F)cc1. The van der Waals surface area contributed by atoms with Crippen LogP contribution >= 0.6 is 0 Å². The van der Waals surface area contributed by atoms with Crippen molar-refractivity contribution in [3.63, 3.8) is 0 Å². The van der Waals surface area contributed by atoms with Crippen LogP contribution in [-0.4, -0.2) is 18.8 Å². The van der Waals surface area contributed by atoms with Crippen molar-refractivity contribution in [2.24, 2.45) is 5.92 Å². The van der Waals surface area contributed by atoms with Crippen molar-refractivity contribution in [2.75, 3.05) is 13.1 Å². The second-order valence-electron chi connectivity index (χ2n) is 4.80. The van der Waals surface area contributed by atoms with Crippen molar-refractivity contribution < 1.29 is 4.39 Å². The maximum atomic E-state index is 14.0. The average Bonchev–Trinajstić information content (AvgIpc) is 2.50. The molecular formula is C13H18FN. The lowest BCUT2D eigenvalue weighted by molar-refractivity contribution is 0.152. The quantitative estimate of drug-likeness (QED) is 0.785. The molecule has 1 aliphatic rings. The lowest BCUT2D eigenvalue weighted by atomic mass is 9.88. The molecule has 2 unspecified atom stereocenters. The van der Waals surface area contributed by atoms with E-state index < -0.39 is 5.67 Å². The van der Waals surface area contributed by atoms with Gasteiger partial charge in [0.25, 0.3) is 0 Å². The Hall–Kier alpha value is -0.890. The molecule has 2 rings (SSSR count). The van der Waals surface area contributed by atoms with E-state index in [1.54, 1.807) is 6.92 Å². The van der Waals surface area contributed by atoms with E-state index in [1.807, 2.05) is 0 Å². The van der Waals surface area contributed by atoms with E-state index in [4.69, 9.17) is 0 Å². The van der Waals surface area contributed by atoms with Crippen LogP contribution in [0.5, 0.6) is 0 Å². The fourth-order valence-corrected chi connectivity index (χ4v) is 2.14. The van der Waals surface area contributed by atoms with Crippen molar-refractivity contribution in [2.45, 2.75) is 25.9 Å². The first-order chi connectivity index (χ1) is 7.08. The second-order valence-corrected chi connectivity index (χ2v) is 4.80. The van der Waals surface area contributed by atoms with Gasteiger partial charge in [-0.1, -0.05) is 29.8 Å². The molecule has 1 N–H and O–H groups in total. The summed E-state index contributed by atoms with van der Waals surface area (Å²) in [6, 6.07) is 8.38. The molecule has 0 aliphatic carbocycles. The first-order valence-electron chi connectivity index (χ1n) is 5.53. The van der Waals surface area contributed by atoms with E-state index in [1.165, 1.54) is 11.1 Å². The first kappa shape index (κ1) is 10.6. The van der Waals surface area contributed by atoms with Gasteiger partial charge in [-0.05, 0) is 25.8 Å². The Balaban J connectivity index is 2.06. The molecule has 1 saturated heterocycles. The largest absolute Gasteiger partial charge is 0.313 e. The van der Waals surface area contributed by atoms with Gasteiger partial charge >= 0.3 is 0 Å². The molecule has 0 aromatic heterocycles. The molecule has 0 bridgehead atoms. The van der Waals surface area contributed by atoms with Gasteiger partial charge in [0.1, 0.15) is 5.67 Å². The summed E-state index contributed by atoms with van der Waals surface area (Å²) in [6.07, 6.45) is 0.834. The highest BCUT2D eigenvalue weighted by Gasteiger charge is 2.38. The van der Waals surface area contributed by atoms with E-state index in [-0.39, 0.29) is 5.92 Å². The zero-order valence-electron chi connectivity index (χ0n) is 9.39. The summed E-state index contributed by atoms with van der Waals surface area (Å²) in [5, 5.41) is 3.12. The molecular weight excluding hydrogens is 189 g/mol. The van der Waals surface area contributed by atoms with Gasteiger partial charge in [0, 0.05) is 19.0 Å². The Bertz CT molecular complexity index is 329. The third-order valence-corrected chi connectivity index (χ3v) is 3.32. The van der Waals surface area contributed by atoms with Crippen LogP contribution in [0.15, 0.2) is 24.3 Å². The van der Waals surface area contributed by atoms with Gasteiger partial charge in [-0.15, -0.1) is 0 Å². The van der Waals surface area contributed by atoms with Crippen LogP contribution in [0.3, 0.4) is 0 Å². The van der Waals surface area contributed by atoms with Gasteiger partial charge < -0.3 is 5.32 Å². The molecule has 1 nitrogen and oxygen atoms in total. The molecule has 1 heterocycles. The van der Waals surface area contributed by atoms with Gasteiger partial charge in [-0.25, -0.2) is 4.39 Å². The van der Waals surface area contributed by atoms with Crippen LogP contribution in [0.4, 0.5) is 4.39 Å². The lowest BCUT2D eigenvalue weighted by Gasteiger charge is -2.21. The third kappa shape index (κ3) is 2.37. The number of benzene rings is 1. The molecule has 0 spiro atoms. The van der Waals surface area contributed by atoms with Gasteiger partial charge in [0.05, 0.1) is 0 Å². The number of hydrogen-bond donors (Lipinski definition) is 1. The number of halogens is 1. The van der Waals surface area contributed by atoms with Crippen LogP contribution in [0.1, 0.15) is 18.1 Å². The van der Waals surface area contributed by atoms with Crippen molar-refractivity contribution in [3.8, 4) is 0 Å². The number of rotatable bonds is 2. The van der Waals surface area contributed by atoms with Gasteiger partial charge in [0.2, 0.25) is 0 Å². The maximum Gasteiger partial charge on any atom is 0.124 e. The highest BCUT2D eigenvalue weighted by Crippen LogP contribution is 2.28. The van der Waals surface area contributed by atoms with E-state index in [2.05, 4.69) is 36.5 Å². The minimum atomic E-state index is -1.05. The Morgan fingerprint density at radius 1 is 1.40 bits per heavy atom. The summed E-state index contributed by atoms with van der Waals surface area (Å²) < 4.78 is 14.0. The highest BCUT2D eigenvalue weighted by molar-refractivity contribution is 5.22. The molecule has 0 saturated carbocycles. The highest BCUT2D eigenvalue weighted by atomic mass is 19.1. The van der Waals surface area contributed by atoms with Crippen LogP contribution in [0.2, 0.25) is 0 Å². The fraction of sp³-hybridized carbons (Fsp3) is 0.538. The summed E-state index contributed by atoms with van der Waals surface area (Å²) in [5.74, 6) is 0.111. The van der Waals surface area contributed by atoms with Gasteiger partial charge in [-0.2, -0.15) is 0 Å². The zero-order valence-corrected chi connectivity index (χ0v) is 9.39. The van der Waals surface area contributed by atoms with E-state index in [0.717, 1.165) is 13.0 Å². The molecule has 0 radical (unpaired) electrons. The monoisotopic (exact) mass is 207 g/mol. The minimum absolute atomic E-state index is 0.111. The predicted octanol–water partition coefficient (Wildman–Crippen LogP) is 2.49. The topological polar surface area (TPSA) is 12.0 Å². The first-order valence-corrected chi connectivity index (χ1v) is 5.53. The summed E-state index contributed by atoms with van der Waals surface area (Å²) in [6.45, 7) is 5.05. The zero-order chi connectivity index (χ0) is 10.9. The van der Waals surface area contributed by atoms with Crippen LogP contribution in [0.25, 0.3) is 0 Å². The number of aryl methyl sites for hydroxylation is 1. The summed E-state index contributed by atoms with van der Waals surface area (Å²) in [5.41, 5.74) is 1.44. The lowest BCUT2D eigenvalue weighted by Crippen LogP contribution is -2.29. The molecule has 1 aromatic carbocycles. The summed E-state index contributed by atoms with van der Waals surface area (Å²) in [4.78, 5) is 0. The number of alkyl halides is 1.